The molecular formula is C22H13F3O2. The maximum Gasteiger partial charge on any atom is 0.420 e. The number of carbonyl (C=O) groups is 2. The summed E-state index contributed by atoms with van der Waals surface area (Å²) in [5, 5.41) is 0. The molecule has 2 nitrogen and oxygen atoms in total. The summed E-state index contributed by atoms with van der Waals surface area (Å²) in [5.41, 5.74) is -1.98. The molecule has 0 aliphatic heterocycles. The number of benzene rings is 2. The van der Waals surface area contributed by atoms with Gasteiger partial charge in [0.15, 0.2) is 11.6 Å². The number of Topliss-reactive ketones (excluding diaryl/α,β-unsaturated/α-hetero) is 1. The minimum absolute atomic E-state index is 0.00634. The third-order valence-electron chi connectivity index (χ3n) is 4.88. The first-order valence-electron chi connectivity index (χ1n) is 8.28. The van der Waals surface area contributed by atoms with Crippen LogP contribution in [0.1, 0.15) is 21.5 Å². The molecule has 0 fully saturated rings. The van der Waals surface area contributed by atoms with Gasteiger partial charge >= 0.3 is 6.18 Å². The van der Waals surface area contributed by atoms with Gasteiger partial charge in [-0.25, -0.2) is 0 Å². The Bertz CT molecular complexity index is 1020. The van der Waals surface area contributed by atoms with Gasteiger partial charge in [0.2, 0.25) is 0 Å². The highest BCUT2D eigenvalue weighted by atomic mass is 19.4. The van der Waals surface area contributed by atoms with Crippen LogP contribution in [0.3, 0.4) is 0 Å². The Labute approximate surface area is 153 Å². The average Bonchev–Trinajstić information content (AvgIpc) is 2.66. The van der Waals surface area contributed by atoms with Crippen LogP contribution in [0.4, 0.5) is 13.2 Å². The fourth-order valence-electron chi connectivity index (χ4n) is 3.77. The van der Waals surface area contributed by atoms with Crippen LogP contribution < -0.4 is 0 Å². The van der Waals surface area contributed by atoms with Gasteiger partial charge in [0, 0.05) is 5.56 Å². The van der Waals surface area contributed by atoms with Crippen molar-refractivity contribution in [3.8, 4) is 0 Å². The molecule has 4 rings (SSSR count). The summed E-state index contributed by atoms with van der Waals surface area (Å²) in [5.74, 6) is -1.36. The molecule has 134 valence electrons. The molecule has 0 aromatic heterocycles. The Morgan fingerprint density at radius 2 is 1.37 bits per heavy atom. The predicted molar refractivity (Wildman–Crippen MR) is 95.2 cm³/mol. The van der Waals surface area contributed by atoms with Crippen molar-refractivity contribution in [2.24, 2.45) is 0 Å². The second-order valence-electron chi connectivity index (χ2n) is 6.43. The SMILES string of the molecule is O=C1C=CC2(C=C1)C(c1ccccc1)=C(C(F)(F)F)C(=O)c1ccccc12. The number of allylic oxidation sites excluding steroid dienone is 6. The lowest BCUT2D eigenvalue weighted by Crippen LogP contribution is -2.38. The number of ketones is 2. The Balaban J connectivity index is 2.17. The van der Waals surface area contributed by atoms with Gasteiger partial charge in [-0.05, 0) is 28.9 Å². The van der Waals surface area contributed by atoms with E-state index in [1.54, 1.807) is 42.5 Å². The van der Waals surface area contributed by atoms with Gasteiger partial charge in [-0.2, -0.15) is 13.2 Å². The van der Waals surface area contributed by atoms with Crippen LogP contribution in [-0.4, -0.2) is 17.7 Å². The van der Waals surface area contributed by atoms with Gasteiger partial charge in [-0.3, -0.25) is 9.59 Å². The van der Waals surface area contributed by atoms with E-state index >= 15 is 0 Å². The smallest absolute Gasteiger partial charge is 0.290 e. The molecule has 0 unspecified atom stereocenters. The molecule has 0 saturated heterocycles. The van der Waals surface area contributed by atoms with Crippen molar-refractivity contribution >= 4 is 17.1 Å². The van der Waals surface area contributed by atoms with Crippen LogP contribution >= 0.6 is 0 Å². The number of fused-ring (bicyclic) bond motifs is 2. The highest BCUT2D eigenvalue weighted by Crippen LogP contribution is 2.52. The zero-order valence-corrected chi connectivity index (χ0v) is 14.0. The number of rotatable bonds is 1. The van der Waals surface area contributed by atoms with Gasteiger partial charge in [0.1, 0.15) is 5.57 Å². The van der Waals surface area contributed by atoms with Crippen LogP contribution in [0.2, 0.25) is 0 Å². The standard InChI is InChI=1S/C22H13F3O2/c23-22(24,25)19-18(14-6-2-1-3-7-14)21(12-10-15(26)11-13-21)17-9-5-4-8-16(17)20(19)27/h1-13H. The summed E-state index contributed by atoms with van der Waals surface area (Å²) in [6.07, 6.45) is 0.572. The van der Waals surface area contributed by atoms with E-state index in [9.17, 15) is 22.8 Å². The molecule has 2 aliphatic carbocycles. The van der Waals surface area contributed by atoms with E-state index in [-0.39, 0.29) is 22.5 Å². The highest BCUT2D eigenvalue weighted by molar-refractivity contribution is 6.20. The molecule has 1 spiro atoms. The van der Waals surface area contributed by atoms with Crippen molar-refractivity contribution in [1.82, 2.24) is 0 Å². The topological polar surface area (TPSA) is 34.1 Å². The molecule has 27 heavy (non-hydrogen) atoms. The fraction of sp³-hybridized carbons (Fsp3) is 0.0909. The Morgan fingerprint density at radius 1 is 0.778 bits per heavy atom. The van der Waals surface area contributed by atoms with Crippen molar-refractivity contribution < 1.29 is 22.8 Å². The summed E-state index contributed by atoms with van der Waals surface area (Å²) in [6, 6.07) is 14.3. The molecule has 0 saturated carbocycles. The molecule has 0 atom stereocenters. The van der Waals surface area contributed by atoms with Crippen molar-refractivity contribution in [2.45, 2.75) is 11.6 Å². The number of hydrogen-bond donors (Lipinski definition) is 0. The van der Waals surface area contributed by atoms with Gasteiger partial charge in [0.25, 0.3) is 0 Å². The first-order chi connectivity index (χ1) is 12.8. The van der Waals surface area contributed by atoms with Crippen molar-refractivity contribution in [1.29, 1.82) is 0 Å². The third-order valence-corrected chi connectivity index (χ3v) is 4.88. The monoisotopic (exact) mass is 366 g/mol. The number of halogens is 3. The van der Waals surface area contributed by atoms with Gasteiger partial charge < -0.3 is 0 Å². The summed E-state index contributed by atoms with van der Waals surface area (Å²) < 4.78 is 42.1. The van der Waals surface area contributed by atoms with Crippen LogP contribution in [0.15, 0.2) is 84.5 Å². The van der Waals surface area contributed by atoms with E-state index in [1.807, 2.05) is 0 Å². The normalized spacial score (nSPS) is 18.2. The second kappa shape index (κ2) is 5.91. The molecule has 0 N–H and O–H groups in total. The molecule has 5 heteroatoms. The second-order valence-corrected chi connectivity index (χ2v) is 6.43. The largest absolute Gasteiger partial charge is 0.420 e. The maximum absolute atomic E-state index is 14.0. The summed E-state index contributed by atoms with van der Waals surface area (Å²) in [4.78, 5) is 24.6. The first-order valence-corrected chi connectivity index (χ1v) is 8.28. The van der Waals surface area contributed by atoms with E-state index in [4.69, 9.17) is 0 Å². The molecule has 2 aromatic rings. The van der Waals surface area contributed by atoms with E-state index < -0.39 is 22.9 Å². The molecule has 0 amide bonds. The lowest BCUT2D eigenvalue weighted by atomic mass is 9.62. The minimum Gasteiger partial charge on any atom is -0.290 e. The third kappa shape index (κ3) is 2.58. The van der Waals surface area contributed by atoms with Gasteiger partial charge in [-0.15, -0.1) is 0 Å². The summed E-state index contributed by atoms with van der Waals surface area (Å²) in [7, 11) is 0. The lowest BCUT2D eigenvalue weighted by molar-refractivity contribution is -0.110. The van der Waals surface area contributed by atoms with Crippen LogP contribution in [-0.2, 0) is 10.2 Å². The summed E-state index contributed by atoms with van der Waals surface area (Å²) >= 11 is 0. The van der Waals surface area contributed by atoms with Gasteiger partial charge in [0.05, 0.1) is 5.41 Å². The van der Waals surface area contributed by atoms with Crippen LogP contribution in [0, 0.1) is 0 Å². The average molecular weight is 366 g/mol. The number of hydrogen-bond acceptors (Lipinski definition) is 2. The number of carbonyl (C=O) groups excluding carboxylic acids is 2. The van der Waals surface area contributed by atoms with E-state index in [0.717, 1.165) is 0 Å². The predicted octanol–water partition coefficient (Wildman–Crippen LogP) is 4.83. The lowest BCUT2D eigenvalue weighted by Gasteiger charge is -2.39. The maximum atomic E-state index is 14.0. The molecule has 0 heterocycles. The van der Waals surface area contributed by atoms with E-state index in [0.29, 0.717) is 5.56 Å². The molecule has 2 aliphatic rings. The Hall–Kier alpha value is -3.21. The zero-order chi connectivity index (χ0) is 19.2. The number of alkyl halides is 3. The van der Waals surface area contributed by atoms with Gasteiger partial charge in [-0.1, -0.05) is 66.7 Å². The quantitative estimate of drug-likeness (QED) is 0.724. The zero-order valence-electron chi connectivity index (χ0n) is 14.0. The van der Waals surface area contributed by atoms with E-state index in [1.165, 1.54) is 36.4 Å². The Morgan fingerprint density at radius 3 is 2.00 bits per heavy atom. The molecule has 2 aromatic carbocycles. The Kier molecular flexibility index (Phi) is 3.77. The fourth-order valence-corrected chi connectivity index (χ4v) is 3.77. The minimum atomic E-state index is -4.84. The van der Waals surface area contributed by atoms with E-state index in [2.05, 4.69) is 0 Å². The highest BCUT2D eigenvalue weighted by Gasteiger charge is 2.51. The van der Waals surface area contributed by atoms with Crippen LogP contribution in [0.25, 0.3) is 5.57 Å². The molecular weight excluding hydrogens is 353 g/mol. The van der Waals surface area contributed by atoms with Crippen molar-refractivity contribution in [3.05, 3.63) is 101 Å². The van der Waals surface area contributed by atoms with Crippen molar-refractivity contribution in [3.63, 3.8) is 0 Å². The molecule has 0 radical (unpaired) electrons. The molecule has 0 bridgehead atoms. The van der Waals surface area contributed by atoms with Crippen LogP contribution in [0.5, 0.6) is 0 Å². The van der Waals surface area contributed by atoms with Crippen molar-refractivity contribution in [2.75, 3.05) is 0 Å². The summed E-state index contributed by atoms with van der Waals surface area (Å²) in [6.45, 7) is 0. The first kappa shape index (κ1) is 17.2.